The van der Waals surface area contributed by atoms with Gasteiger partial charge in [-0.15, -0.1) is 0 Å². The van der Waals surface area contributed by atoms with Gasteiger partial charge in [0.15, 0.2) is 4.80 Å². The number of aromatic nitrogens is 1. The predicted molar refractivity (Wildman–Crippen MR) is 185 cm³/mol. The number of rotatable bonds is 9. The Bertz CT molecular complexity index is 1990. The Balaban J connectivity index is 1.64. The molecule has 5 rings (SSSR count). The van der Waals surface area contributed by atoms with Gasteiger partial charge in [0.1, 0.15) is 18.1 Å². The molecule has 0 bridgehead atoms. The average Bonchev–Trinajstić information content (AvgIpc) is 3.30. The molecule has 0 amide bonds. The van der Waals surface area contributed by atoms with E-state index in [0.29, 0.717) is 44.3 Å². The normalized spacial score (nSPS) is 14.5. The highest BCUT2D eigenvalue weighted by molar-refractivity contribution is 14.1. The maximum Gasteiger partial charge on any atom is 0.338 e. The van der Waals surface area contributed by atoms with E-state index in [0.717, 1.165) is 23.8 Å². The second-order valence-corrected chi connectivity index (χ2v) is 13.1. The predicted octanol–water partition coefficient (Wildman–Crippen LogP) is 5.86. The zero-order valence-electron chi connectivity index (χ0n) is 24.1. The first-order valence-electron chi connectivity index (χ1n) is 13.8. The molecule has 8 nitrogen and oxygen atoms in total. The minimum Gasteiger partial charge on any atom is -0.494 e. The number of hydrogen-bond acceptors (Lipinski definition) is 8. The maximum atomic E-state index is 14.1. The lowest BCUT2D eigenvalue weighted by atomic mass is 9.96. The lowest BCUT2D eigenvalue weighted by Gasteiger charge is -2.24. The second-order valence-electron chi connectivity index (χ2n) is 9.67. The summed E-state index contributed by atoms with van der Waals surface area (Å²) < 4.78 is 21.1. The van der Waals surface area contributed by atoms with Crippen molar-refractivity contribution in [3.05, 3.63) is 121 Å². The monoisotopic (exact) mass is 831 g/mol. The van der Waals surface area contributed by atoms with Gasteiger partial charge in [-0.2, -0.15) is 5.26 Å². The Labute approximate surface area is 285 Å². The lowest BCUT2D eigenvalue weighted by molar-refractivity contribution is -0.139. The first-order chi connectivity index (χ1) is 21.2. The van der Waals surface area contributed by atoms with E-state index in [4.69, 9.17) is 14.2 Å². The van der Waals surface area contributed by atoms with Crippen molar-refractivity contribution in [3.8, 4) is 17.6 Å². The quantitative estimate of drug-likeness (QED) is 0.155. The molecule has 2 heterocycles. The van der Waals surface area contributed by atoms with Crippen molar-refractivity contribution in [2.24, 2.45) is 4.99 Å². The van der Waals surface area contributed by atoms with Crippen LogP contribution in [0.25, 0.3) is 6.08 Å². The van der Waals surface area contributed by atoms with Gasteiger partial charge >= 0.3 is 5.97 Å². The van der Waals surface area contributed by atoms with Crippen LogP contribution in [0.3, 0.4) is 0 Å². The van der Waals surface area contributed by atoms with E-state index in [1.165, 1.54) is 11.3 Å². The van der Waals surface area contributed by atoms with Crippen molar-refractivity contribution in [2.45, 2.75) is 33.4 Å². The third kappa shape index (κ3) is 6.62. The third-order valence-electron chi connectivity index (χ3n) is 6.86. The highest BCUT2D eigenvalue weighted by Crippen LogP contribution is 2.33. The first-order valence-corrected chi connectivity index (χ1v) is 16.7. The topological polar surface area (TPSA) is 103 Å². The number of hydrogen-bond donors (Lipinski definition) is 0. The standard InChI is InChI=1S/C33H27I2N3O5S/c1-4-41-25-12-10-20(11-13-25)29-28(32(40)42-5-2)19(3)37-33-38(29)31(39)27(44-33)15-23-14-24(34)16-26(35)30(23)43-18-22-9-7-6-8-21(22)17-36/h6-16,29H,4-5,18H2,1-3H3/b27-15-/t29-/m1/s1. The molecule has 1 aliphatic heterocycles. The summed E-state index contributed by atoms with van der Waals surface area (Å²) in [6.45, 7) is 6.34. The van der Waals surface area contributed by atoms with Crippen molar-refractivity contribution < 1.29 is 19.0 Å². The molecule has 11 heteroatoms. The zero-order chi connectivity index (χ0) is 31.4. The van der Waals surface area contributed by atoms with Crippen LogP contribution in [-0.4, -0.2) is 23.8 Å². The summed E-state index contributed by atoms with van der Waals surface area (Å²) in [4.78, 5) is 32.5. The van der Waals surface area contributed by atoms with Crippen LogP contribution < -0.4 is 24.4 Å². The van der Waals surface area contributed by atoms with Gasteiger partial charge in [-0.05, 0) is 108 Å². The minimum atomic E-state index is -0.725. The molecule has 1 atom stereocenters. The molecular weight excluding hydrogens is 804 g/mol. The van der Waals surface area contributed by atoms with E-state index in [1.807, 2.05) is 61.5 Å². The zero-order valence-corrected chi connectivity index (χ0v) is 29.2. The molecule has 0 fully saturated rings. The molecule has 0 aliphatic carbocycles. The van der Waals surface area contributed by atoms with Crippen LogP contribution in [-0.2, 0) is 16.1 Å². The summed E-state index contributed by atoms with van der Waals surface area (Å²) in [5.74, 6) is 0.790. The van der Waals surface area contributed by atoms with E-state index in [-0.39, 0.29) is 18.8 Å². The van der Waals surface area contributed by atoms with Crippen LogP contribution in [0.5, 0.6) is 11.5 Å². The number of fused-ring (bicyclic) bond motifs is 1. The molecule has 0 saturated heterocycles. The fourth-order valence-electron chi connectivity index (χ4n) is 4.91. The van der Waals surface area contributed by atoms with Crippen molar-refractivity contribution in [1.82, 2.24) is 4.57 Å². The van der Waals surface area contributed by atoms with Gasteiger partial charge in [-0.3, -0.25) is 9.36 Å². The van der Waals surface area contributed by atoms with E-state index in [9.17, 15) is 14.9 Å². The highest BCUT2D eigenvalue weighted by atomic mass is 127. The van der Waals surface area contributed by atoms with Crippen LogP contribution >= 0.6 is 56.5 Å². The van der Waals surface area contributed by atoms with Crippen molar-refractivity contribution in [2.75, 3.05) is 13.2 Å². The number of thiazole rings is 1. The lowest BCUT2D eigenvalue weighted by Crippen LogP contribution is -2.39. The summed E-state index contributed by atoms with van der Waals surface area (Å²) in [5.41, 5.74) is 3.31. The minimum absolute atomic E-state index is 0.197. The third-order valence-corrected chi connectivity index (χ3v) is 9.26. The average molecular weight is 831 g/mol. The Morgan fingerprint density at radius 1 is 1.09 bits per heavy atom. The van der Waals surface area contributed by atoms with Crippen LogP contribution in [0.1, 0.15) is 49.1 Å². The van der Waals surface area contributed by atoms with Gasteiger partial charge < -0.3 is 14.2 Å². The van der Waals surface area contributed by atoms with Crippen LogP contribution in [0.2, 0.25) is 0 Å². The Hall–Kier alpha value is -3.48. The fourth-order valence-corrected chi connectivity index (χ4v) is 7.99. The van der Waals surface area contributed by atoms with Crippen LogP contribution in [0, 0.1) is 18.5 Å². The molecule has 0 radical (unpaired) electrons. The molecule has 0 N–H and O–H groups in total. The summed E-state index contributed by atoms with van der Waals surface area (Å²) in [5, 5.41) is 9.51. The van der Waals surface area contributed by atoms with Crippen molar-refractivity contribution in [3.63, 3.8) is 0 Å². The summed E-state index contributed by atoms with van der Waals surface area (Å²) in [6, 6.07) is 20.1. The molecule has 224 valence electrons. The van der Waals surface area contributed by atoms with Crippen LogP contribution in [0.15, 0.2) is 81.7 Å². The van der Waals surface area contributed by atoms with Gasteiger partial charge in [0, 0.05) is 14.7 Å². The van der Waals surface area contributed by atoms with Gasteiger partial charge in [0.25, 0.3) is 5.56 Å². The van der Waals surface area contributed by atoms with Gasteiger partial charge in [0.2, 0.25) is 0 Å². The van der Waals surface area contributed by atoms with Crippen molar-refractivity contribution >= 4 is 68.6 Å². The molecule has 4 aromatic rings. The Morgan fingerprint density at radius 2 is 1.84 bits per heavy atom. The van der Waals surface area contributed by atoms with E-state index < -0.39 is 12.0 Å². The largest absolute Gasteiger partial charge is 0.494 e. The number of halogens is 2. The summed E-state index contributed by atoms with van der Waals surface area (Å²) >= 11 is 5.71. The fraction of sp³-hybridized carbons (Fsp3) is 0.212. The van der Waals surface area contributed by atoms with Crippen molar-refractivity contribution in [1.29, 1.82) is 5.26 Å². The number of benzene rings is 3. The van der Waals surface area contributed by atoms with E-state index in [1.54, 1.807) is 30.6 Å². The number of nitrogens with zero attached hydrogens (tertiary/aromatic N) is 3. The SMILES string of the molecule is CCOC(=O)C1=C(C)N=c2s/c(=C\c3cc(I)cc(I)c3OCc3ccccc3C#N)c(=O)n2[C@@H]1c1ccc(OCC)cc1. The summed E-state index contributed by atoms with van der Waals surface area (Å²) in [6.07, 6.45) is 1.80. The van der Waals surface area contributed by atoms with Gasteiger partial charge in [0.05, 0.1) is 50.3 Å². The molecule has 0 unspecified atom stereocenters. The number of ether oxygens (including phenoxy) is 3. The molecule has 3 aromatic carbocycles. The number of nitriles is 1. The molecule has 44 heavy (non-hydrogen) atoms. The van der Waals surface area contributed by atoms with Gasteiger partial charge in [-0.25, -0.2) is 9.79 Å². The summed E-state index contributed by atoms with van der Waals surface area (Å²) in [7, 11) is 0. The maximum absolute atomic E-state index is 14.1. The highest BCUT2D eigenvalue weighted by Gasteiger charge is 2.33. The number of carbonyl (C=O) groups is 1. The van der Waals surface area contributed by atoms with Gasteiger partial charge in [-0.1, -0.05) is 41.7 Å². The molecular formula is C33H27I2N3O5S. The smallest absolute Gasteiger partial charge is 0.338 e. The number of allylic oxidation sites excluding steroid dienone is 1. The first kappa shape index (κ1) is 31.9. The Morgan fingerprint density at radius 3 is 2.55 bits per heavy atom. The molecule has 1 aromatic heterocycles. The van der Waals surface area contributed by atoms with E-state index in [2.05, 4.69) is 56.2 Å². The number of esters is 1. The number of carbonyl (C=O) groups excluding carboxylic acids is 1. The molecule has 0 saturated carbocycles. The molecule has 0 spiro atoms. The Kier molecular flexibility index (Phi) is 10.2. The molecule has 1 aliphatic rings. The van der Waals surface area contributed by atoms with Crippen LogP contribution in [0.4, 0.5) is 0 Å². The second kappa shape index (κ2) is 14.1. The van der Waals surface area contributed by atoms with E-state index >= 15 is 0 Å².